The molecule has 7 nitrogen and oxygen atoms in total. The zero-order chi connectivity index (χ0) is 16.5. The lowest BCUT2D eigenvalue weighted by Gasteiger charge is -2.06. The molecule has 0 fully saturated rings. The van der Waals surface area contributed by atoms with E-state index in [0.29, 0.717) is 11.4 Å². The summed E-state index contributed by atoms with van der Waals surface area (Å²) in [5.41, 5.74) is 2.68. The molecule has 1 amide bonds. The Hall–Kier alpha value is -3.48. The third kappa shape index (κ3) is 2.52. The Morgan fingerprint density at radius 2 is 2.04 bits per heavy atom. The second-order valence-corrected chi connectivity index (χ2v) is 5.29. The summed E-state index contributed by atoms with van der Waals surface area (Å²) in [6.45, 7) is 1.73. The maximum atomic E-state index is 12.0. The summed E-state index contributed by atoms with van der Waals surface area (Å²) < 4.78 is 6.79. The van der Waals surface area contributed by atoms with Crippen LogP contribution in [0.5, 0.6) is 0 Å². The van der Waals surface area contributed by atoms with Gasteiger partial charge in [0.15, 0.2) is 5.69 Å². The molecule has 3 heterocycles. The van der Waals surface area contributed by atoms with Gasteiger partial charge in [0, 0.05) is 6.07 Å². The molecule has 0 spiro atoms. The van der Waals surface area contributed by atoms with Crippen LogP contribution in [0.15, 0.2) is 59.5 Å². The number of anilines is 1. The summed E-state index contributed by atoms with van der Waals surface area (Å²) in [6.07, 6.45) is 3.32. The normalized spacial score (nSPS) is 10.9. The summed E-state index contributed by atoms with van der Waals surface area (Å²) in [5.74, 6) is 0.967. The summed E-state index contributed by atoms with van der Waals surface area (Å²) in [7, 11) is 0. The maximum Gasteiger partial charge on any atom is 0.277 e. The molecule has 7 heteroatoms. The number of pyridine rings is 1. The minimum absolute atomic E-state index is 0.234. The van der Waals surface area contributed by atoms with E-state index < -0.39 is 0 Å². The van der Waals surface area contributed by atoms with Crippen LogP contribution in [0.3, 0.4) is 0 Å². The number of hydrogen-bond acceptors (Lipinski definition) is 5. The van der Waals surface area contributed by atoms with Gasteiger partial charge < -0.3 is 9.84 Å². The van der Waals surface area contributed by atoms with E-state index in [1.165, 1.54) is 0 Å². The molecule has 4 aromatic rings. The standard InChI is InChI=1S/C17H13N5O2/c1-11-8-14(21-24-11)17(23)20-12-6-7-16(18-9-12)22-10-19-13-4-2-3-5-15(13)22/h2-10H,1H3,(H,20,23). The van der Waals surface area contributed by atoms with Crippen molar-refractivity contribution in [2.75, 3.05) is 5.32 Å². The monoisotopic (exact) mass is 319 g/mol. The van der Waals surface area contributed by atoms with E-state index in [4.69, 9.17) is 4.52 Å². The Bertz CT molecular complexity index is 1020. The Morgan fingerprint density at radius 3 is 2.79 bits per heavy atom. The van der Waals surface area contributed by atoms with Crippen LogP contribution in [0, 0.1) is 6.92 Å². The van der Waals surface area contributed by atoms with Crippen molar-refractivity contribution in [2.24, 2.45) is 0 Å². The topological polar surface area (TPSA) is 85.8 Å². The summed E-state index contributed by atoms with van der Waals surface area (Å²) in [4.78, 5) is 20.8. The SMILES string of the molecule is Cc1cc(C(=O)Nc2ccc(-n3cnc4ccccc43)nc2)no1. The summed E-state index contributed by atoms with van der Waals surface area (Å²) in [5, 5.41) is 6.42. The van der Waals surface area contributed by atoms with E-state index in [-0.39, 0.29) is 11.6 Å². The number of nitrogens with one attached hydrogen (secondary N) is 1. The van der Waals surface area contributed by atoms with Gasteiger partial charge in [-0.1, -0.05) is 17.3 Å². The van der Waals surface area contributed by atoms with Gasteiger partial charge in [-0.05, 0) is 31.2 Å². The summed E-state index contributed by atoms with van der Waals surface area (Å²) >= 11 is 0. The van der Waals surface area contributed by atoms with Crippen LogP contribution >= 0.6 is 0 Å². The molecule has 0 bridgehead atoms. The molecule has 0 saturated carbocycles. The van der Waals surface area contributed by atoms with Crippen molar-refractivity contribution >= 4 is 22.6 Å². The number of carbonyl (C=O) groups excluding carboxylic acids is 1. The van der Waals surface area contributed by atoms with Gasteiger partial charge in [0.25, 0.3) is 5.91 Å². The number of benzene rings is 1. The largest absolute Gasteiger partial charge is 0.361 e. The van der Waals surface area contributed by atoms with Crippen LogP contribution < -0.4 is 5.32 Å². The minimum Gasteiger partial charge on any atom is -0.361 e. The highest BCUT2D eigenvalue weighted by Gasteiger charge is 2.11. The number of fused-ring (bicyclic) bond motifs is 1. The quantitative estimate of drug-likeness (QED) is 0.627. The van der Waals surface area contributed by atoms with E-state index in [1.807, 2.05) is 34.9 Å². The van der Waals surface area contributed by atoms with Crippen LogP contribution in [0.1, 0.15) is 16.2 Å². The zero-order valence-electron chi connectivity index (χ0n) is 12.8. The van der Waals surface area contributed by atoms with E-state index >= 15 is 0 Å². The Labute approximate surface area is 136 Å². The second kappa shape index (κ2) is 5.62. The maximum absolute atomic E-state index is 12.0. The van der Waals surface area contributed by atoms with Gasteiger partial charge in [0.1, 0.15) is 17.9 Å². The predicted octanol–water partition coefficient (Wildman–Crippen LogP) is 2.97. The number of hydrogen-bond donors (Lipinski definition) is 1. The van der Waals surface area contributed by atoms with Gasteiger partial charge in [-0.2, -0.15) is 0 Å². The first-order valence-electron chi connectivity index (χ1n) is 7.34. The number of imidazole rings is 1. The van der Waals surface area contributed by atoms with Gasteiger partial charge in [-0.15, -0.1) is 0 Å². The van der Waals surface area contributed by atoms with Crippen molar-refractivity contribution in [3.8, 4) is 5.82 Å². The molecule has 4 rings (SSSR count). The number of para-hydroxylation sites is 2. The van der Waals surface area contributed by atoms with Crippen molar-refractivity contribution < 1.29 is 9.32 Å². The number of amides is 1. The van der Waals surface area contributed by atoms with Gasteiger partial charge in [-0.25, -0.2) is 9.97 Å². The molecular formula is C17H13N5O2. The fourth-order valence-corrected chi connectivity index (χ4v) is 2.41. The van der Waals surface area contributed by atoms with Crippen LogP contribution in [0.2, 0.25) is 0 Å². The molecule has 0 unspecified atom stereocenters. The van der Waals surface area contributed by atoms with E-state index in [2.05, 4.69) is 20.4 Å². The van der Waals surface area contributed by atoms with Gasteiger partial charge in [0.05, 0.1) is 22.9 Å². The van der Waals surface area contributed by atoms with Crippen molar-refractivity contribution in [3.05, 3.63) is 66.4 Å². The van der Waals surface area contributed by atoms with Crippen LogP contribution in [-0.4, -0.2) is 25.6 Å². The molecule has 0 aliphatic rings. The lowest BCUT2D eigenvalue weighted by Crippen LogP contribution is -2.12. The van der Waals surface area contributed by atoms with Crippen LogP contribution in [0.4, 0.5) is 5.69 Å². The van der Waals surface area contributed by atoms with E-state index in [9.17, 15) is 4.79 Å². The molecular weight excluding hydrogens is 306 g/mol. The first-order valence-corrected chi connectivity index (χ1v) is 7.34. The fraction of sp³-hybridized carbons (Fsp3) is 0.0588. The van der Waals surface area contributed by atoms with Crippen molar-refractivity contribution in [1.29, 1.82) is 0 Å². The molecule has 118 valence electrons. The Balaban J connectivity index is 1.57. The number of carbonyl (C=O) groups is 1. The Morgan fingerprint density at radius 1 is 1.17 bits per heavy atom. The summed E-state index contributed by atoms with van der Waals surface area (Å²) in [6, 6.07) is 13.0. The van der Waals surface area contributed by atoms with Crippen molar-refractivity contribution in [2.45, 2.75) is 6.92 Å². The Kier molecular flexibility index (Phi) is 3.31. The average molecular weight is 319 g/mol. The molecule has 24 heavy (non-hydrogen) atoms. The van der Waals surface area contributed by atoms with Gasteiger partial charge >= 0.3 is 0 Å². The predicted molar refractivity (Wildman–Crippen MR) is 88.1 cm³/mol. The molecule has 3 aromatic heterocycles. The highest BCUT2D eigenvalue weighted by atomic mass is 16.5. The molecule has 1 N–H and O–H groups in total. The van der Waals surface area contributed by atoms with Gasteiger partial charge in [-0.3, -0.25) is 9.36 Å². The lowest BCUT2D eigenvalue weighted by atomic mass is 10.3. The molecule has 0 saturated heterocycles. The van der Waals surface area contributed by atoms with Crippen LogP contribution in [0.25, 0.3) is 16.9 Å². The van der Waals surface area contributed by atoms with E-state index in [1.54, 1.807) is 31.6 Å². The number of rotatable bonds is 3. The highest BCUT2D eigenvalue weighted by Crippen LogP contribution is 2.17. The molecule has 0 aliphatic carbocycles. The smallest absolute Gasteiger partial charge is 0.277 e. The number of nitrogens with zero attached hydrogens (tertiary/aromatic N) is 4. The van der Waals surface area contributed by atoms with Crippen molar-refractivity contribution in [3.63, 3.8) is 0 Å². The number of aromatic nitrogens is 4. The lowest BCUT2D eigenvalue weighted by molar-refractivity contribution is 0.101. The molecule has 0 radical (unpaired) electrons. The molecule has 1 aromatic carbocycles. The fourth-order valence-electron chi connectivity index (χ4n) is 2.41. The molecule has 0 atom stereocenters. The first kappa shape index (κ1) is 14.1. The van der Waals surface area contributed by atoms with Gasteiger partial charge in [0.2, 0.25) is 0 Å². The van der Waals surface area contributed by atoms with E-state index in [0.717, 1.165) is 16.9 Å². The third-order valence-electron chi connectivity index (χ3n) is 3.57. The minimum atomic E-state index is -0.338. The van der Waals surface area contributed by atoms with Crippen LogP contribution in [-0.2, 0) is 0 Å². The first-order chi connectivity index (χ1) is 11.7. The average Bonchev–Trinajstić information content (AvgIpc) is 3.22. The van der Waals surface area contributed by atoms with Crippen molar-refractivity contribution in [1.82, 2.24) is 19.7 Å². The highest BCUT2D eigenvalue weighted by molar-refractivity contribution is 6.02. The second-order valence-electron chi connectivity index (χ2n) is 5.29. The zero-order valence-corrected chi connectivity index (χ0v) is 12.8. The third-order valence-corrected chi connectivity index (χ3v) is 3.57. The molecule has 0 aliphatic heterocycles. The number of aryl methyl sites for hydroxylation is 1.